The van der Waals surface area contributed by atoms with E-state index in [9.17, 15) is 9.59 Å². The Hall–Kier alpha value is -1.10. The first-order valence-electron chi connectivity index (χ1n) is 16.3. The smallest absolute Gasteiger partial charge is 0.309 e. The normalized spacial score (nSPS) is 41.5. The van der Waals surface area contributed by atoms with E-state index in [4.69, 9.17) is 15.2 Å². The summed E-state index contributed by atoms with van der Waals surface area (Å²) in [7, 11) is 0. The first kappa shape index (κ1) is 30.8. The molecular weight excluding hydrogens is 486 g/mol. The molecule has 4 rings (SSSR count). The van der Waals surface area contributed by atoms with Crippen LogP contribution in [-0.4, -0.2) is 30.2 Å². The number of rotatable bonds is 8. The van der Waals surface area contributed by atoms with Crippen molar-refractivity contribution in [2.45, 2.75) is 138 Å². The summed E-state index contributed by atoms with van der Waals surface area (Å²) >= 11 is 0. The molecule has 0 aromatic heterocycles. The van der Waals surface area contributed by atoms with Crippen LogP contribution in [0.1, 0.15) is 126 Å². The molecule has 0 aliphatic heterocycles. The van der Waals surface area contributed by atoms with Crippen LogP contribution >= 0.6 is 0 Å². The Morgan fingerprint density at radius 2 is 1.62 bits per heavy atom. The van der Waals surface area contributed by atoms with E-state index in [-0.39, 0.29) is 29.4 Å². The summed E-state index contributed by atoms with van der Waals surface area (Å²) < 4.78 is 11.9. The molecule has 224 valence electrons. The van der Waals surface area contributed by atoms with Gasteiger partial charge in [0.25, 0.3) is 0 Å². The quantitative estimate of drug-likeness (QED) is 0.319. The zero-order chi connectivity index (χ0) is 28.8. The van der Waals surface area contributed by atoms with Crippen LogP contribution in [0.2, 0.25) is 0 Å². The molecule has 1 unspecified atom stereocenters. The predicted octanol–water partition coefficient (Wildman–Crippen LogP) is 7.55. The molecule has 0 bridgehead atoms. The Bertz CT molecular complexity index is 881. The van der Waals surface area contributed by atoms with Gasteiger partial charge in [0.15, 0.2) is 0 Å². The number of hydrogen-bond acceptors (Lipinski definition) is 5. The maximum atomic E-state index is 13.9. The molecule has 4 aliphatic carbocycles. The summed E-state index contributed by atoms with van der Waals surface area (Å²) in [5.41, 5.74) is 5.92. The number of fused-ring (bicyclic) bond motifs is 5. The molecule has 0 radical (unpaired) electrons. The molecule has 4 saturated carbocycles. The van der Waals surface area contributed by atoms with Crippen LogP contribution in [0.25, 0.3) is 0 Å². The van der Waals surface area contributed by atoms with E-state index >= 15 is 0 Å². The number of hydrogen-bond donors (Lipinski definition) is 1. The van der Waals surface area contributed by atoms with Crippen molar-refractivity contribution < 1.29 is 19.1 Å². The van der Waals surface area contributed by atoms with Gasteiger partial charge in [-0.3, -0.25) is 9.59 Å². The van der Waals surface area contributed by atoms with Crippen LogP contribution in [0.15, 0.2) is 0 Å². The number of esters is 2. The average Bonchev–Trinajstić information content (AvgIpc) is 3.19. The first-order chi connectivity index (χ1) is 18.2. The highest BCUT2D eigenvalue weighted by Crippen LogP contribution is 2.69. The molecule has 39 heavy (non-hydrogen) atoms. The molecule has 5 heteroatoms. The van der Waals surface area contributed by atoms with Crippen molar-refractivity contribution in [1.29, 1.82) is 0 Å². The average molecular weight is 546 g/mol. The fourth-order valence-corrected chi connectivity index (χ4v) is 10.3. The summed E-state index contributed by atoms with van der Waals surface area (Å²) in [6.45, 7) is 18.2. The fourth-order valence-electron chi connectivity index (χ4n) is 10.3. The maximum Gasteiger partial charge on any atom is 0.309 e. The van der Waals surface area contributed by atoms with Gasteiger partial charge in [-0.15, -0.1) is 0 Å². The van der Waals surface area contributed by atoms with Crippen LogP contribution in [0, 0.1) is 58.2 Å². The lowest BCUT2D eigenvalue weighted by molar-refractivity contribution is -0.192. The van der Waals surface area contributed by atoms with Gasteiger partial charge in [-0.05, 0) is 137 Å². The molecule has 2 N–H and O–H groups in total. The van der Waals surface area contributed by atoms with E-state index in [0.29, 0.717) is 40.9 Å². The van der Waals surface area contributed by atoms with E-state index < -0.39 is 5.60 Å². The fraction of sp³-hybridized carbons (Fsp3) is 0.941. The predicted molar refractivity (Wildman–Crippen MR) is 157 cm³/mol. The van der Waals surface area contributed by atoms with Crippen LogP contribution in [0.4, 0.5) is 0 Å². The van der Waals surface area contributed by atoms with Gasteiger partial charge in [-0.2, -0.15) is 0 Å². The van der Waals surface area contributed by atoms with Gasteiger partial charge in [0.05, 0.1) is 5.92 Å². The second-order valence-electron chi connectivity index (χ2n) is 15.9. The number of carbonyl (C=O) groups excluding carboxylic acids is 2. The molecular formula is C34H59NO4. The summed E-state index contributed by atoms with van der Waals surface area (Å²) in [4.78, 5) is 25.7. The van der Waals surface area contributed by atoms with Gasteiger partial charge in [0, 0.05) is 6.92 Å². The monoisotopic (exact) mass is 545 g/mol. The highest BCUT2D eigenvalue weighted by atomic mass is 16.6. The first-order valence-corrected chi connectivity index (χ1v) is 16.3. The molecule has 0 amide bonds. The summed E-state index contributed by atoms with van der Waals surface area (Å²) in [6.07, 6.45) is 12.7. The van der Waals surface area contributed by atoms with Crippen LogP contribution in [0.3, 0.4) is 0 Å². The molecule has 11 atom stereocenters. The Labute approximate surface area is 239 Å². The van der Waals surface area contributed by atoms with E-state index in [2.05, 4.69) is 27.7 Å². The van der Waals surface area contributed by atoms with Crippen molar-refractivity contribution in [3.05, 3.63) is 0 Å². The Morgan fingerprint density at radius 1 is 0.949 bits per heavy atom. The lowest BCUT2D eigenvalue weighted by Gasteiger charge is -2.63. The van der Waals surface area contributed by atoms with Crippen molar-refractivity contribution in [3.8, 4) is 0 Å². The molecule has 0 saturated heterocycles. The van der Waals surface area contributed by atoms with Crippen LogP contribution < -0.4 is 5.73 Å². The highest BCUT2D eigenvalue weighted by Gasteiger charge is 2.64. The van der Waals surface area contributed by atoms with Gasteiger partial charge in [0.2, 0.25) is 0 Å². The number of carbonyl (C=O) groups is 2. The van der Waals surface area contributed by atoms with Crippen molar-refractivity contribution in [3.63, 3.8) is 0 Å². The third-order valence-electron chi connectivity index (χ3n) is 12.2. The minimum absolute atomic E-state index is 0.0102. The SMILES string of the molecule is CC(=O)O[C@H]1CC[C@@]2(C)[C@H](C1)C[C@@H](C(=O)OC(C)(C)C)[C@@H]1[C@@H]2CC[C@]2(C)[C@@H]([C@H](C)CCCC(C)CN)CC[C@@H]12. The molecule has 4 aliphatic rings. The van der Waals surface area contributed by atoms with Gasteiger partial charge in [0.1, 0.15) is 11.7 Å². The van der Waals surface area contributed by atoms with Crippen LogP contribution in [0.5, 0.6) is 0 Å². The Balaban J connectivity index is 1.59. The Morgan fingerprint density at radius 3 is 2.26 bits per heavy atom. The van der Waals surface area contributed by atoms with Crippen molar-refractivity contribution >= 4 is 11.9 Å². The number of nitrogens with two attached hydrogens (primary N) is 1. The van der Waals surface area contributed by atoms with E-state index in [1.54, 1.807) is 0 Å². The summed E-state index contributed by atoms with van der Waals surface area (Å²) in [5, 5.41) is 0. The van der Waals surface area contributed by atoms with Gasteiger partial charge in [-0.25, -0.2) is 0 Å². The molecule has 0 aromatic rings. The zero-order valence-corrected chi connectivity index (χ0v) is 26.4. The van der Waals surface area contributed by atoms with Crippen molar-refractivity contribution in [1.82, 2.24) is 0 Å². The minimum atomic E-state index is -0.481. The van der Waals surface area contributed by atoms with Crippen molar-refractivity contribution in [2.75, 3.05) is 6.54 Å². The third-order valence-corrected chi connectivity index (χ3v) is 12.2. The zero-order valence-electron chi connectivity index (χ0n) is 26.4. The summed E-state index contributed by atoms with van der Waals surface area (Å²) in [6, 6.07) is 0. The van der Waals surface area contributed by atoms with Gasteiger partial charge in [-0.1, -0.05) is 40.5 Å². The molecule has 0 heterocycles. The lowest BCUT2D eigenvalue weighted by atomic mass is 9.42. The van der Waals surface area contributed by atoms with Crippen molar-refractivity contribution in [2.24, 2.45) is 63.9 Å². The third kappa shape index (κ3) is 6.24. The molecule has 0 spiro atoms. The lowest BCUT2D eigenvalue weighted by Crippen LogP contribution is -2.59. The van der Waals surface area contributed by atoms with Gasteiger partial charge < -0.3 is 15.2 Å². The molecule has 4 fully saturated rings. The second-order valence-corrected chi connectivity index (χ2v) is 15.9. The standard InChI is InChI=1S/C34H59NO4/c1-21(20-35)10-9-11-22(2)27-12-13-28-30-26(31(37)39-32(4,5)6)19-24-18-25(38-23(3)36)14-16-33(24,7)29(30)15-17-34(27,28)8/h21-22,24-30H,9-20,35H2,1-8H3/t21?,22-,24-,25+,26-,27-,28+,29+,30+,33+,34-/m1/s1. The largest absolute Gasteiger partial charge is 0.463 e. The topological polar surface area (TPSA) is 78.6 Å². The highest BCUT2D eigenvalue weighted by molar-refractivity contribution is 5.74. The van der Waals surface area contributed by atoms with E-state index in [0.717, 1.165) is 38.1 Å². The maximum absolute atomic E-state index is 13.9. The van der Waals surface area contributed by atoms with E-state index in [1.807, 2.05) is 20.8 Å². The Kier molecular flexibility index (Phi) is 9.21. The molecule has 0 aromatic carbocycles. The van der Waals surface area contributed by atoms with Gasteiger partial charge >= 0.3 is 11.9 Å². The summed E-state index contributed by atoms with van der Waals surface area (Å²) in [5.74, 6) is 3.79. The van der Waals surface area contributed by atoms with E-state index in [1.165, 1.54) is 51.9 Å². The minimum Gasteiger partial charge on any atom is -0.463 e. The second kappa shape index (κ2) is 11.6. The molecule has 5 nitrogen and oxygen atoms in total. The number of ether oxygens (including phenoxy) is 2. The van der Waals surface area contributed by atoms with Crippen LogP contribution in [-0.2, 0) is 19.1 Å².